The van der Waals surface area contributed by atoms with Crippen LogP contribution in [0.2, 0.25) is 0 Å². The average molecular weight is 182 g/mol. The quantitative estimate of drug-likeness (QED) is 0.587. The predicted molar refractivity (Wildman–Crippen MR) is 44.8 cm³/mol. The van der Waals surface area contributed by atoms with Crippen molar-refractivity contribution in [3.05, 3.63) is 30.1 Å². The second-order valence-electron chi connectivity index (χ2n) is 2.60. The fourth-order valence-electron chi connectivity index (χ4n) is 0.909. The number of aliphatic carboxylic acids is 1. The summed E-state index contributed by atoms with van der Waals surface area (Å²) >= 11 is 0. The summed E-state index contributed by atoms with van der Waals surface area (Å²) in [6.07, 6.45) is 1.38. The number of hydrogen-bond donors (Lipinski definition) is 3. The third kappa shape index (κ3) is 2.24. The standard InChI is InChI=1S/C8H10N2O3/c9-6(7(11)8(12)13)5-2-1-3-10-4-5/h1-4,6-7,11H,9H2,(H,12,13)/t6-,7+/m1/s1. The summed E-state index contributed by atoms with van der Waals surface area (Å²) in [5, 5.41) is 17.6. The molecule has 1 heterocycles. The number of aliphatic hydroxyl groups excluding tert-OH is 1. The number of nitrogens with two attached hydrogens (primary N) is 1. The van der Waals surface area contributed by atoms with Crippen molar-refractivity contribution in [2.75, 3.05) is 0 Å². The van der Waals surface area contributed by atoms with Gasteiger partial charge in [0, 0.05) is 12.4 Å². The Balaban J connectivity index is 2.79. The van der Waals surface area contributed by atoms with Gasteiger partial charge < -0.3 is 15.9 Å². The summed E-state index contributed by atoms with van der Waals surface area (Å²) in [7, 11) is 0. The third-order valence-electron chi connectivity index (χ3n) is 1.66. The summed E-state index contributed by atoms with van der Waals surface area (Å²) in [6.45, 7) is 0. The van der Waals surface area contributed by atoms with E-state index in [9.17, 15) is 4.79 Å². The second kappa shape index (κ2) is 3.97. The van der Waals surface area contributed by atoms with Gasteiger partial charge in [-0.1, -0.05) is 6.07 Å². The van der Waals surface area contributed by atoms with Crippen LogP contribution in [0.15, 0.2) is 24.5 Å². The number of aromatic nitrogens is 1. The number of hydrogen-bond acceptors (Lipinski definition) is 4. The molecule has 70 valence electrons. The maximum Gasteiger partial charge on any atom is 0.334 e. The van der Waals surface area contributed by atoms with Gasteiger partial charge in [0.05, 0.1) is 6.04 Å². The summed E-state index contributed by atoms with van der Waals surface area (Å²) in [4.78, 5) is 14.1. The van der Waals surface area contributed by atoms with Gasteiger partial charge in [-0.05, 0) is 11.6 Å². The van der Waals surface area contributed by atoms with E-state index in [1.54, 1.807) is 18.3 Å². The van der Waals surface area contributed by atoms with Crippen molar-refractivity contribution in [1.29, 1.82) is 0 Å². The van der Waals surface area contributed by atoms with Gasteiger partial charge in [-0.3, -0.25) is 4.98 Å². The summed E-state index contributed by atoms with van der Waals surface area (Å²) in [5.41, 5.74) is 5.97. The molecule has 0 saturated carbocycles. The molecule has 13 heavy (non-hydrogen) atoms. The molecule has 1 rings (SSSR count). The van der Waals surface area contributed by atoms with Gasteiger partial charge in [0.15, 0.2) is 6.10 Å². The van der Waals surface area contributed by atoms with Crippen LogP contribution < -0.4 is 5.73 Å². The van der Waals surface area contributed by atoms with Gasteiger partial charge in [-0.2, -0.15) is 0 Å². The smallest absolute Gasteiger partial charge is 0.334 e. The topological polar surface area (TPSA) is 96.4 Å². The van der Waals surface area contributed by atoms with Gasteiger partial charge in [0.1, 0.15) is 0 Å². The van der Waals surface area contributed by atoms with E-state index < -0.39 is 18.1 Å². The highest BCUT2D eigenvalue weighted by Crippen LogP contribution is 2.12. The molecule has 0 unspecified atom stereocenters. The van der Waals surface area contributed by atoms with Crippen molar-refractivity contribution in [2.24, 2.45) is 5.73 Å². The molecule has 5 nitrogen and oxygen atoms in total. The Morgan fingerprint density at radius 3 is 2.77 bits per heavy atom. The van der Waals surface area contributed by atoms with E-state index in [0.29, 0.717) is 5.56 Å². The average Bonchev–Trinajstić information content (AvgIpc) is 2.17. The Morgan fingerprint density at radius 1 is 1.62 bits per heavy atom. The van der Waals surface area contributed by atoms with E-state index in [4.69, 9.17) is 15.9 Å². The van der Waals surface area contributed by atoms with Crippen molar-refractivity contribution in [2.45, 2.75) is 12.1 Å². The lowest BCUT2D eigenvalue weighted by atomic mass is 10.1. The van der Waals surface area contributed by atoms with E-state index in [1.165, 1.54) is 6.20 Å². The van der Waals surface area contributed by atoms with Crippen LogP contribution in [0.5, 0.6) is 0 Å². The van der Waals surface area contributed by atoms with Crippen LogP contribution in [0, 0.1) is 0 Å². The maximum atomic E-state index is 10.4. The van der Waals surface area contributed by atoms with E-state index in [2.05, 4.69) is 4.98 Å². The fourth-order valence-corrected chi connectivity index (χ4v) is 0.909. The molecule has 1 aromatic rings. The van der Waals surface area contributed by atoms with Crippen LogP contribution in [0.1, 0.15) is 11.6 Å². The highest BCUT2D eigenvalue weighted by molar-refractivity contribution is 5.73. The monoisotopic (exact) mass is 182 g/mol. The van der Waals surface area contributed by atoms with Crippen molar-refractivity contribution >= 4 is 5.97 Å². The molecule has 0 fully saturated rings. The molecular weight excluding hydrogens is 172 g/mol. The van der Waals surface area contributed by atoms with E-state index in [-0.39, 0.29) is 0 Å². The fraction of sp³-hybridized carbons (Fsp3) is 0.250. The largest absolute Gasteiger partial charge is 0.479 e. The summed E-state index contributed by atoms with van der Waals surface area (Å²) in [5.74, 6) is -1.34. The van der Waals surface area contributed by atoms with Crippen LogP contribution >= 0.6 is 0 Å². The number of carboxylic acid groups (broad SMARTS) is 1. The van der Waals surface area contributed by atoms with Crippen LogP contribution in [-0.2, 0) is 4.79 Å². The lowest BCUT2D eigenvalue weighted by molar-refractivity contribution is -0.147. The first-order valence-electron chi connectivity index (χ1n) is 3.69. The number of nitrogens with zero attached hydrogens (tertiary/aromatic N) is 1. The van der Waals surface area contributed by atoms with Gasteiger partial charge in [-0.25, -0.2) is 4.79 Å². The van der Waals surface area contributed by atoms with E-state index >= 15 is 0 Å². The van der Waals surface area contributed by atoms with Gasteiger partial charge in [-0.15, -0.1) is 0 Å². The molecule has 5 heteroatoms. The minimum Gasteiger partial charge on any atom is -0.479 e. The first-order valence-corrected chi connectivity index (χ1v) is 3.69. The van der Waals surface area contributed by atoms with Crippen LogP contribution in [0.4, 0.5) is 0 Å². The first-order chi connectivity index (χ1) is 6.13. The Bertz CT molecular complexity index is 289. The minimum absolute atomic E-state index is 0.498. The Labute approximate surface area is 74.8 Å². The molecule has 0 amide bonds. The van der Waals surface area contributed by atoms with E-state index in [0.717, 1.165) is 0 Å². The molecule has 0 spiro atoms. The van der Waals surface area contributed by atoms with E-state index in [1.807, 2.05) is 0 Å². The number of pyridine rings is 1. The number of carbonyl (C=O) groups is 1. The molecule has 0 aliphatic heterocycles. The van der Waals surface area contributed by atoms with Crippen molar-refractivity contribution in [1.82, 2.24) is 4.98 Å². The molecule has 1 aromatic heterocycles. The minimum atomic E-state index is -1.59. The van der Waals surface area contributed by atoms with Crippen molar-refractivity contribution in [3.63, 3.8) is 0 Å². The highest BCUT2D eigenvalue weighted by Gasteiger charge is 2.23. The summed E-state index contributed by atoms with van der Waals surface area (Å²) in [6, 6.07) is 2.30. The number of rotatable bonds is 3. The molecular formula is C8H10N2O3. The normalized spacial score (nSPS) is 14.9. The van der Waals surface area contributed by atoms with Crippen molar-refractivity contribution in [3.8, 4) is 0 Å². The zero-order valence-corrected chi connectivity index (χ0v) is 6.79. The zero-order valence-electron chi connectivity index (χ0n) is 6.79. The maximum absolute atomic E-state index is 10.4. The van der Waals surface area contributed by atoms with Crippen LogP contribution in [0.3, 0.4) is 0 Å². The first kappa shape index (κ1) is 9.63. The Morgan fingerprint density at radius 2 is 2.31 bits per heavy atom. The Kier molecular flexibility index (Phi) is 2.94. The van der Waals surface area contributed by atoms with Gasteiger partial charge in [0.2, 0.25) is 0 Å². The summed E-state index contributed by atoms with van der Waals surface area (Å²) < 4.78 is 0. The number of aliphatic hydroxyl groups is 1. The molecule has 0 saturated heterocycles. The molecule has 2 atom stereocenters. The van der Waals surface area contributed by atoms with Crippen LogP contribution in [-0.4, -0.2) is 27.3 Å². The SMILES string of the molecule is N[C@H](c1cccnc1)[C@H](O)C(=O)O. The zero-order chi connectivity index (χ0) is 9.84. The van der Waals surface area contributed by atoms with Gasteiger partial charge in [0.25, 0.3) is 0 Å². The lowest BCUT2D eigenvalue weighted by Crippen LogP contribution is -2.33. The highest BCUT2D eigenvalue weighted by atomic mass is 16.4. The molecule has 0 aliphatic carbocycles. The molecule has 4 N–H and O–H groups in total. The predicted octanol–water partition coefficient (Wildman–Crippen LogP) is -0.473. The lowest BCUT2D eigenvalue weighted by Gasteiger charge is -2.14. The van der Waals surface area contributed by atoms with Crippen LogP contribution in [0.25, 0.3) is 0 Å². The van der Waals surface area contributed by atoms with Gasteiger partial charge >= 0.3 is 5.97 Å². The molecule has 0 radical (unpaired) electrons. The Hall–Kier alpha value is -1.46. The molecule has 0 aliphatic rings. The number of carboxylic acids is 1. The third-order valence-corrected chi connectivity index (χ3v) is 1.66. The second-order valence-corrected chi connectivity index (χ2v) is 2.60. The van der Waals surface area contributed by atoms with Crippen molar-refractivity contribution < 1.29 is 15.0 Å². The molecule has 0 bridgehead atoms. The molecule has 0 aromatic carbocycles.